The summed E-state index contributed by atoms with van der Waals surface area (Å²) in [6.07, 6.45) is -0.990. The molecular weight excluding hydrogens is 324 g/mol. The summed E-state index contributed by atoms with van der Waals surface area (Å²) in [5.41, 5.74) is 3.23. The van der Waals surface area contributed by atoms with Crippen LogP contribution in [0.3, 0.4) is 0 Å². The van der Waals surface area contributed by atoms with Gasteiger partial charge in [-0.2, -0.15) is 0 Å². The summed E-state index contributed by atoms with van der Waals surface area (Å²) < 4.78 is 5.37. The number of anilines is 1. The van der Waals surface area contributed by atoms with Gasteiger partial charge in [0.2, 0.25) is 0 Å². The first kappa shape index (κ1) is 16.6. The minimum atomic E-state index is -0.990. The van der Waals surface area contributed by atoms with Crippen LogP contribution < -0.4 is 5.32 Å². The van der Waals surface area contributed by atoms with Gasteiger partial charge in [-0.1, -0.05) is 17.7 Å². The van der Waals surface area contributed by atoms with Gasteiger partial charge in [0.1, 0.15) is 0 Å². The van der Waals surface area contributed by atoms with Crippen LogP contribution in [0.15, 0.2) is 29.1 Å². The Kier molecular flexibility index (Phi) is 5.65. The van der Waals surface area contributed by atoms with E-state index < -0.39 is 17.8 Å². The molecule has 5 nitrogen and oxygen atoms in total. The number of benzene rings is 1. The number of nitrogens with one attached hydrogen (secondary N) is 1. The molecule has 2 rings (SSSR count). The third-order valence-electron chi connectivity index (χ3n) is 3.03. The summed E-state index contributed by atoms with van der Waals surface area (Å²) in [4.78, 5) is 28.6. The Balaban J connectivity index is 2.17. The molecule has 0 radical (unpaired) electrons. The summed E-state index contributed by atoms with van der Waals surface area (Å²) in [6.45, 7) is 3.83. The van der Waals surface area contributed by atoms with Crippen LogP contribution in [0.5, 0.6) is 0 Å². The molecule has 1 atom stereocenters. The highest BCUT2D eigenvalue weighted by Gasteiger charge is 2.29. The van der Waals surface area contributed by atoms with Crippen molar-refractivity contribution in [3.05, 3.63) is 45.4 Å². The van der Waals surface area contributed by atoms with Gasteiger partial charge in [0.05, 0.1) is 11.2 Å². The highest BCUT2D eigenvalue weighted by atomic mass is 35.5. The van der Waals surface area contributed by atoms with Crippen LogP contribution in [0.2, 0.25) is 5.02 Å². The largest absolute Gasteiger partial charge is 0.364 e. The Morgan fingerprint density at radius 2 is 2.23 bits per heavy atom. The Morgan fingerprint density at radius 1 is 1.45 bits per heavy atom. The number of thiazole rings is 1. The van der Waals surface area contributed by atoms with Crippen molar-refractivity contribution < 1.29 is 14.3 Å². The Labute approximate surface area is 137 Å². The molecule has 1 amide bonds. The van der Waals surface area contributed by atoms with E-state index in [2.05, 4.69) is 10.3 Å². The summed E-state index contributed by atoms with van der Waals surface area (Å²) in [6, 6.07) is 5.10. The molecule has 0 saturated heterocycles. The molecule has 0 fully saturated rings. The van der Waals surface area contributed by atoms with E-state index in [0.717, 1.165) is 0 Å². The van der Waals surface area contributed by atoms with Crippen LogP contribution in [0.4, 0.5) is 5.69 Å². The number of carbonyl (C=O) groups is 2. The molecule has 0 spiro atoms. The van der Waals surface area contributed by atoms with Crippen LogP contribution in [0.1, 0.15) is 24.3 Å². The molecule has 0 aliphatic rings. The number of amides is 1. The molecule has 0 saturated carbocycles. The molecule has 1 aromatic heterocycles. The van der Waals surface area contributed by atoms with Crippen LogP contribution >= 0.6 is 22.9 Å². The lowest BCUT2D eigenvalue weighted by molar-refractivity contribution is -0.142. The minimum Gasteiger partial charge on any atom is -0.364 e. The van der Waals surface area contributed by atoms with Gasteiger partial charge >= 0.3 is 0 Å². The molecule has 22 heavy (non-hydrogen) atoms. The third kappa shape index (κ3) is 3.71. The molecule has 0 aliphatic heterocycles. The summed E-state index contributed by atoms with van der Waals surface area (Å²) in [5.74, 6) is -1.44. The van der Waals surface area contributed by atoms with E-state index in [0.29, 0.717) is 28.6 Å². The normalized spacial score (nSPS) is 12.0. The SMILES string of the molecule is CCOC(C(=O)C(=O)Nc1cccc(Cl)c1C)c1cscn1. The van der Waals surface area contributed by atoms with Gasteiger partial charge in [0.15, 0.2) is 6.10 Å². The lowest BCUT2D eigenvalue weighted by atomic mass is 10.1. The topological polar surface area (TPSA) is 68.3 Å². The van der Waals surface area contributed by atoms with Gasteiger partial charge < -0.3 is 10.1 Å². The first-order valence-electron chi connectivity index (χ1n) is 6.64. The quantitative estimate of drug-likeness (QED) is 0.820. The van der Waals surface area contributed by atoms with Crippen LogP contribution in [-0.2, 0) is 14.3 Å². The molecule has 1 heterocycles. The number of aromatic nitrogens is 1. The number of nitrogens with zero attached hydrogens (tertiary/aromatic N) is 1. The average molecular weight is 339 g/mol. The van der Waals surface area contributed by atoms with Crippen molar-refractivity contribution in [1.29, 1.82) is 0 Å². The van der Waals surface area contributed by atoms with Gasteiger partial charge in [-0.05, 0) is 31.5 Å². The Morgan fingerprint density at radius 3 is 2.86 bits per heavy atom. The summed E-state index contributed by atoms with van der Waals surface area (Å²) >= 11 is 7.34. The standard InChI is InChI=1S/C15H15ClN2O3S/c1-3-21-14(12-7-22-8-17-12)13(19)15(20)18-11-6-4-5-10(16)9(11)2/h4-8,14H,3H2,1-2H3,(H,18,20). The number of rotatable bonds is 6. The van der Waals surface area contributed by atoms with Crippen LogP contribution in [0, 0.1) is 6.92 Å². The third-order valence-corrected chi connectivity index (χ3v) is 4.05. The van der Waals surface area contributed by atoms with Gasteiger partial charge in [-0.15, -0.1) is 11.3 Å². The van der Waals surface area contributed by atoms with Crippen molar-refractivity contribution in [2.24, 2.45) is 0 Å². The lowest BCUT2D eigenvalue weighted by Gasteiger charge is -2.14. The lowest BCUT2D eigenvalue weighted by Crippen LogP contribution is -2.30. The monoisotopic (exact) mass is 338 g/mol. The number of carbonyl (C=O) groups excluding carboxylic acids is 2. The highest BCUT2D eigenvalue weighted by molar-refractivity contribution is 7.07. The second kappa shape index (κ2) is 7.49. The first-order valence-corrected chi connectivity index (χ1v) is 7.96. The highest BCUT2D eigenvalue weighted by Crippen LogP contribution is 2.24. The zero-order valence-corrected chi connectivity index (χ0v) is 13.7. The minimum absolute atomic E-state index is 0.303. The van der Waals surface area contributed by atoms with E-state index in [1.165, 1.54) is 11.3 Å². The van der Waals surface area contributed by atoms with E-state index in [9.17, 15) is 9.59 Å². The van der Waals surface area contributed by atoms with Crippen molar-refractivity contribution in [2.75, 3.05) is 11.9 Å². The first-order chi connectivity index (χ1) is 10.5. The van der Waals surface area contributed by atoms with Crippen molar-refractivity contribution >= 4 is 40.3 Å². The maximum absolute atomic E-state index is 12.3. The number of hydrogen-bond acceptors (Lipinski definition) is 5. The summed E-state index contributed by atoms with van der Waals surface area (Å²) in [7, 11) is 0. The number of hydrogen-bond donors (Lipinski definition) is 1. The second-order valence-corrected chi connectivity index (χ2v) is 5.61. The number of ether oxygens (including phenoxy) is 1. The fourth-order valence-corrected chi connectivity index (χ4v) is 2.60. The van der Waals surface area contributed by atoms with Crippen molar-refractivity contribution in [1.82, 2.24) is 4.98 Å². The Bertz CT molecular complexity index is 673. The van der Waals surface area contributed by atoms with Gasteiger partial charge in [-0.25, -0.2) is 4.98 Å². The Hall–Kier alpha value is -1.76. The van der Waals surface area contributed by atoms with Gasteiger partial charge in [0.25, 0.3) is 11.7 Å². The zero-order chi connectivity index (χ0) is 16.1. The van der Waals surface area contributed by atoms with Gasteiger partial charge in [0, 0.05) is 22.7 Å². The van der Waals surface area contributed by atoms with E-state index in [1.54, 1.807) is 42.9 Å². The molecule has 1 unspecified atom stereocenters. The van der Waals surface area contributed by atoms with Crippen molar-refractivity contribution in [3.63, 3.8) is 0 Å². The molecule has 0 bridgehead atoms. The molecule has 116 valence electrons. The zero-order valence-electron chi connectivity index (χ0n) is 12.1. The molecule has 7 heteroatoms. The summed E-state index contributed by atoms with van der Waals surface area (Å²) in [5, 5.41) is 4.78. The number of halogens is 1. The van der Waals surface area contributed by atoms with E-state index in [1.807, 2.05) is 0 Å². The molecule has 1 N–H and O–H groups in total. The van der Waals surface area contributed by atoms with E-state index in [-0.39, 0.29) is 0 Å². The fourth-order valence-electron chi connectivity index (χ4n) is 1.86. The second-order valence-electron chi connectivity index (χ2n) is 4.48. The predicted octanol–water partition coefficient (Wildman–Crippen LogP) is 3.39. The number of ketones is 1. The number of Topliss-reactive ketones (excluding diaryl/α,β-unsaturated/α-hetero) is 1. The fraction of sp³-hybridized carbons (Fsp3) is 0.267. The average Bonchev–Trinajstić information content (AvgIpc) is 3.02. The molecule has 0 aliphatic carbocycles. The van der Waals surface area contributed by atoms with Crippen LogP contribution in [-0.4, -0.2) is 23.3 Å². The molecular formula is C15H15ClN2O3S. The van der Waals surface area contributed by atoms with E-state index >= 15 is 0 Å². The maximum Gasteiger partial charge on any atom is 0.295 e. The van der Waals surface area contributed by atoms with Crippen molar-refractivity contribution in [3.8, 4) is 0 Å². The maximum atomic E-state index is 12.3. The molecule has 2 aromatic rings. The van der Waals surface area contributed by atoms with Crippen LogP contribution in [0.25, 0.3) is 0 Å². The molecule has 1 aromatic carbocycles. The van der Waals surface area contributed by atoms with Gasteiger partial charge in [-0.3, -0.25) is 9.59 Å². The van der Waals surface area contributed by atoms with E-state index in [4.69, 9.17) is 16.3 Å². The smallest absolute Gasteiger partial charge is 0.295 e. The predicted molar refractivity (Wildman–Crippen MR) is 86.3 cm³/mol. The van der Waals surface area contributed by atoms with Crippen molar-refractivity contribution in [2.45, 2.75) is 20.0 Å².